The maximum Gasteiger partial charge on any atom is 0.410 e. The number of aromatic nitrogens is 2. The number of phenolic OH excluding ortho intramolecular Hbond substituents is 1. The van der Waals surface area contributed by atoms with Crippen molar-refractivity contribution in [2.45, 2.75) is 64.1 Å². The lowest BCUT2D eigenvalue weighted by Crippen LogP contribution is -2.59. The number of rotatable bonds is 4. The van der Waals surface area contributed by atoms with Crippen LogP contribution in [0.5, 0.6) is 5.75 Å². The second-order valence-corrected chi connectivity index (χ2v) is 13.2. The second-order valence-electron chi connectivity index (χ2n) is 13.2. The molecular formula is C31H45N7O3. The molecule has 2 N–H and O–H groups in total. The monoisotopic (exact) mass is 563 g/mol. The number of hydrogen-bond acceptors (Lipinski definition) is 9. The molecule has 5 heterocycles. The topological polar surface area (TPSA) is 97.3 Å². The Balaban J connectivity index is 1.00. The molecule has 41 heavy (non-hydrogen) atoms. The van der Waals surface area contributed by atoms with Crippen molar-refractivity contribution < 1.29 is 14.6 Å². The number of phenols is 1. The molecule has 4 aliphatic rings. The van der Waals surface area contributed by atoms with Crippen LogP contribution in [0.1, 0.15) is 46.5 Å². The molecular weight excluding hydrogens is 518 g/mol. The van der Waals surface area contributed by atoms with Crippen molar-refractivity contribution in [1.82, 2.24) is 24.9 Å². The third kappa shape index (κ3) is 6.38. The average Bonchev–Trinajstić information content (AvgIpc) is 2.96. The molecule has 3 fully saturated rings. The molecule has 2 atom stereocenters. The molecule has 222 valence electrons. The number of nitrogens with one attached hydrogen (secondary N) is 1. The van der Waals surface area contributed by atoms with Crippen LogP contribution in [-0.4, -0.2) is 113 Å². The van der Waals surface area contributed by atoms with Crippen LogP contribution in [0, 0.1) is 5.92 Å². The predicted octanol–water partition coefficient (Wildman–Crippen LogP) is 3.88. The fourth-order valence-electron chi connectivity index (χ4n) is 6.95. The fraction of sp³-hybridized carbons (Fsp3) is 0.645. The molecule has 10 heteroatoms. The molecule has 10 nitrogen and oxygen atoms in total. The summed E-state index contributed by atoms with van der Waals surface area (Å²) in [7, 11) is 0. The highest BCUT2D eigenvalue weighted by Crippen LogP contribution is 2.36. The van der Waals surface area contributed by atoms with Gasteiger partial charge in [-0.3, -0.25) is 9.80 Å². The SMILES string of the molecule is CC(C)(C)OC(=O)N1CCCC(N2CCC(CN3CCN4c5cc(-c6ccccc6O)nnc5NC[C@H]4C3)CC2)C1. The van der Waals surface area contributed by atoms with E-state index in [1.807, 2.05) is 43.9 Å². The Bertz CT molecular complexity index is 1230. The molecule has 4 aliphatic heterocycles. The van der Waals surface area contributed by atoms with E-state index in [0.717, 1.165) is 83.2 Å². The van der Waals surface area contributed by atoms with Crippen LogP contribution in [0.4, 0.5) is 16.3 Å². The number of nitrogens with zero attached hydrogens (tertiary/aromatic N) is 6. The highest BCUT2D eigenvalue weighted by atomic mass is 16.6. The van der Waals surface area contributed by atoms with Crippen molar-refractivity contribution in [2.75, 3.05) is 69.1 Å². The summed E-state index contributed by atoms with van der Waals surface area (Å²) in [6.07, 6.45) is 4.48. The van der Waals surface area contributed by atoms with Gasteiger partial charge in [0, 0.05) is 57.4 Å². The minimum absolute atomic E-state index is 0.169. The van der Waals surface area contributed by atoms with Crippen LogP contribution in [0.15, 0.2) is 30.3 Å². The largest absolute Gasteiger partial charge is 0.507 e. The van der Waals surface area contributed by atoms with Gasteiger partial charge in [-0.25, -0.2) is 4.79 Å². The maximum absolute atomic E-state index is 12.6. The van der Waals surface area contributed by atoms with Gasteiger partial charge in [-0.05, 0) is 83.7 Å². The highest BCUT2D eigenvalue weighted by Gasteiger charge is 2.36. The Morgan fingerprint density at radius 2 is 1.83 bits per heavy atom. The summed E-state index contributed by atoms with van der Waals surface area (Å²) in [5.41, 5.74) is 2.04. The minimum Gasteiger partial charge on any atom is -0.507 e. The third-order valence-electron chi connectivity index (χ3n) is 9.07. The van der Waals surface area contributed by atoms with E-state index >= 15 is 0 Å². The van der Waals surface area contributed by atoms with Crippen molar-refractivity contribution >= 4 is 17.6 Å². The van der Waals surface area contributed by atoms with Crippen molar-refractivity contribution in [1.29, 1.82) is 0 Å². The van der Waals surface area contributed by atoms with Crippen LogP contribution >= 0.6 is 0 Å². The van der Waals surface area contributed by atoms with Gasteiger partial charge < -0.3 is 25.0 Å². The number of amides is 1. The van der Waals surface area contributed by atoms with E-state index in [2.05, 4.69) is 36.3 Å². The Kier molecular flexibility index (Phi) is 7.96. The minimum atomic E-state index is -0.450. The smallest absolute Gasteiger partial charge is 0.410 e. The first-order valence-electron chi connectivity index (χ1n) is 15.3. The number of hydrogen-bond donors (Lipinski definition) is 2. The molecule has 1 aromatic carbocycles. The van der Waals surface area contributed by atoms with Gasteiger partial charge in [-0.1, -0.05) is 12.1 Å². The summed E-state index contributed by atoms with van der Waals surface area (Å²) in [5, 5.41) is 22.7. The summed E-state index contributed by atoms with van der Waals surface area (Å²) in [6.45, 7) is 14.7. The number of ether oxygens (including phenoxy) is 1. The third-order valence-corrected chi connectivity index (χ3v) is 9.07. The Labute approximate surface area is 243 Å². The molecule has 0 spiro atoms. The Morgan fingerprint density at radius 1 is 1.02 bits per heavy atom. The zero-order chi connectivity index (χ0) is 28.6. The van der Waals surface area contributed by atoms with Crippen molar-refractivity contribution in [3.8, 4) is 17.0 Å². The zero-order valence-electron chi connectivity index (χ0n) is 24.8. The first-order chi connectivity index (χ1) is 19.7. The first kappa shape index (κ1) is 28.0. The van der Waals surface area contributed by atoms with E-state index in [1.54, 1.807) is 6.07 Å². The van der Waals surface area contributed by atoms with Gasteiger partial charge in [-0.15, -0.1) is 10.2 Å². The van der Waals surface area contributed by atoms with E-state index in [0.29, 0.717) is 29.3 Å². The van der Waals surface area contributed by atoms with Gasteiger partial charge in [0.15, 0.2) is 5.82 Å². The second kappa shape index (κ2) is 11.6. The average molecular weight is 564 g/mol. The van der Waals surface area contributed by atoms with Crippen LogP contribution in [0.3, 0.4) is 0 Å². The molecule has 0 bridgehead atoms. The van der Waals surface area contributed by atoms with Gasteiger partial charge in [0.05, 0.1) is 17.4 Å². The van der Waals surface area contributed by atoms with Gasteiger partial charge in [0.25, 0.3) is 0 Å². The van der Waals surface area contributed by atoms with E-state index in [4.69, 9.17) is 4.74 Å². The number of benzene rings is 1. The lowest BCUT2D eigenvalue weighted by atomic mass is 9.93. The summed E-state index contributed by atoms with van der Waals surface area (Å²) in [5.74, 6) is 1.77. The number of aromatic hydroxyl groups is 1. The molecule has 1 aromatic heterocycles. The van der Waals surface area contributed by atoms with Crippen molar-refractivity contribution in [2.24, 2.45) is 5.92 Å². The van der Waals surface area contributed by atoms with Gasteiger partial charge >= 0.3 is 6.09 Å². The first-order valence-corrected chi connectivity index (χ1v) is 15.3. The highest BCUT2D eigenvalue weighted by molar-refractivity contribution is 5.76. The number of para-hydroxylation sites is 1. The van der Waals surface area contributed by atoms with Crippen LogP contribution in [-0.2, 0) is 4.74 Å². The van der Waals surface area contributed by atoms with Gasteiger partial charge in [0.1, 0.15) is 11.4 Å². The summed E-state index contributed by atoms with van der Waals surface area (Å²) < 4.78 is 5.64. The van der Waals surface area contributed by atoms with Crippen LogP contribution in [0.25, 0.3) is 11.3 Å². The number of piperidine rings is 2. The fourth-order valence-corrected chi connectivity index (χ4v) is 6.95. The molecule has 2 aromatic rings. The van der Waals surface area contributed by atoms with E-state index in [-0.39, 0.29) is 11.8 Å². The van der Waals surface area contributed by atoms with Crippen molar-refractivity contribution in [3.05, 3.63) is 30.3 Å². The standard InChI is InChI=1S/C31H45N7O3/c1-31(2,3)41-30(40)37-12-6-7-23(21-37)36-13-10-22(11-14-36)19-35-15-16-38-24(20-35)18-32-29-27(38)17-26(33-34-29)25-8-4-5-9-28(25)39/h4-5,8-9,17,22-24,39H,6-7,10-16,18-21H2,1-3H3,(H,32,34)/t23?,24-/m0/s1. The molecule has 1 unspecified atom stereocenters. The lowest BCUT2D eigenvalue weighted by Gasteiger charge is -2.47. The molecule has 0 saturated carbocycles. The normalized spacial score (nSPS) is 24.4. The zero-order valence-corrected chi connectivity index (χ0v) is 24.8. The number of piperazine rings is 1. The molecule has 6 rings (SSSR count). The van der Waals surface area contributed by atoms with Crippen LogP contribution < -0.4 is 10.2 Å². The number of carbonyl (C=O) groups is 1. The number of fused-ring (bicyclic) bond motifs is 3. The molecule has 0 aliphatic carbocycles. The molecule has 1 amide bonds. The lowest BCUT2D eigenvalue weighted by molar-refractivity contribution is 0.00620. The van der Waals surface area contributed by atoms with E-state index < -0.39 is 5.60 Å². The van der Waals surface area contributed by atoms with Crippen molar-refractivity contribution in [3.63, 3.8) is 0 Å². The number of carbonyl (C=O) groups excluding carboxylic acids is 1. The Morgan fingerprint density at radius 3 is 2.61 bits per heavy atom. The van der Waals surface area contributed by atoms with E-state index in [1.165, 1.54) is 12.8 Å². The van der Waals surface area contributed by atoms with Crippen LogP contribution in [0.2, 0.25) is 0 Å². The molecule has 0 radical (unpaired) electrons. The summed E-state index contributed by atoms with van der Waals surface area (Å²) in [4.78, 5) is 22.3. The maximum atomic E-state index is 12.6. The quantitative estimate of drug-likeness (QED) is 0.575. The van der Waals surface area contributed by atoms with Gasteiger partial charge in [-0.2, -0.15) is 0 Å². The summed E-state index contributed by atoms with van der Waals surface area (Å²) in [6, 6.07) is 10.2. The number of anilines is 2. The molecule has 3 saturated heterocycles. The summed E-state index contributed by atoms with van der Waals surface area (Å²) >= 11 is 0. The van der Waals surface area contributed by atoms with E-state index in [9.17, 15) is 9.90 Å². The van der Waals surface area contributed by atoms with Gasteiger partial charge in [0.2, 0.25) is 0 Å². The predicted molar refractivity (Wildman–Crippen MR) is 160 cm³/mol. The number of likely N-dealkylation sites (tertiary alicyclic amines) is 2. The Hall–Kier alpha value is -3.11.